The third kappa shape index (κ3) is 1.34. The van der Waals surface area contributed by atoms with Gasteiger partial charge < -0.3 is 10.2 Å². The SMILES string of the molecule is C[C@@H]1CC[C@H](O)[C@]2(CO)CC[C@H]3[C@H]([C@H]12)C3(C)C. The van der Waals surface area contributed by atoms with Crippen molar-refractivity contribution in [2.45, 2.75) is 52.6 Å². The Morgan fingerprint density at radius 1 is 1.12 bits per heavy atom. The van der Waals surface area contributed by atoms with Gasteiger partial charge in [0.25, 0.3) is 0 Å². The van der Waals surface area contributed by atoms with E-state index in [1.807, 2.05) is 0 Å². The molecule has 6 atom stereocenters. The average molecular weight is 238 g/mol. The molecule has 0 heterocycles. The predicted molar refractivity (Wildman–Crippen MR) is 67.4 cm³/mol. The molecule has 3 saturated carbocycles. The van der Waals surface area contributed by atoms with Crippen molar-refractivity contribution in [3.8, 4) is 0 Å². The Balaban J connectivity index is 1.97. The minimum atomic E-state index is -0.272. The third-order valence-electron chi connectivity index (χ3n) is 6.58. The minimum absolute atomic E-state index is 0.174. The molecular weight excluding hydrogens is 212 g/mol. The van der Waals surface area contributed by atoms with Gasteiger partial charge in [0.2, 0.25) is 0 Å². The minimum Gasteiger partial charge on any atom is -0.396 e. The molecule has 2 nitrogen and oxygen atoms in total. The van der Waals surface area contributed by atoms with Gasteiger partial charge in [0, 0.05) is 5.41 Å². The summed E-state index contributed by atoms with van der Waals surface area (Å²) in [5.41, 5.74) is 0.277. The van der Waals surface area contributed by atoms with Crippen LogP contribution in [0.15, 0.2) is 0 Å². The summed E-state index contributed by atoms with van der Waals surface area (Å²) >= 11 is 0. The van der Waals surface area contributed by atoms with Crippen LogP contribution in [0, 0.1) is 34.5 Å². The summed E-state index contributed by atoms with van der Waals surface area (Å²) in [6.45, 7) is 7.27. The third-order valence-corrected chi connectivity index (χ3v) is 6.58. The van der Waals surface area contributed by atoms with E-state index >= 15 is 0 Å². The molecule has 0 amide bonds. The van der Waals surface area contributed by atoms with Crippen LogP contribution in [0.25, 0.3) is 0 Å². The van der Waals surface area contributed by atoms with E-state index in [0.29, 0.717) is 17.3 Å². The number of rotatable bonds is 1. The molecule has 0 aliphatic heterocycles. The van der Waals surface area contributed by atoms with Crippen LogP contribution >= 0.6 is 0 Å². The largest absolute Gasteiger partial charge is 0.396 e. The molecule has 0 saturated heterocycles. The zero-order valence-corrected chi connectivity index (χ0v) is 11.3. The summed E-state index contributed by atoms with van der Waals surface area (Å²) < 4.78 is 0. The van der Waals surface area contributed by atoms with Gasteiger partial charge >= 0.3 is 0 Å². The molecule has 0 aromatic carbocycles. The van der Waals surface area contributed by atoms with Gasteiger partial charge in [-0.1, -0.05) is 20.8 Å². The van der Waals surface area contributed by atoms with Crippen molar-refractivity contribution in [1.82, 2.24) is 0 Å². The maximum absolute atomic E-state index is 10.4. The topological polar surface area (TPSA) is 40.5 Å². The van der Waals surface area contributed by atoms with Crippen molar-refractivity contribution < 1.29 is 10.2 Å². The summed E-state index contributed by atoms with van der Waals surface area (Å²) in [6.07, 6.45) is 3.98. The van der Waals surface area contributed by atoms with E-state index in [4.69, 9.17) is 0 Å². The Labute approximate surface area is 104 Å². The molecule has 2 heteroatoms. The molecule has 3 aliphatic rings. The van der Waals surface area contributed by atoms with Crippen molar-refractivity contribution in [2.24, 2.45) is 34.5 Å². The molecule has 0 aromatic heterocycles. The molecule has 3 rings (SSSR count). The lowest BCUT2D eigenvalue weighted by atomic mass is 9.54. The predicted octanol–water partition coefficient (Wildman–Crippen LogP) is 2.44. The lowest BCUT2D eigenvalue weighted by Crippen LogP contribution is -2.53. The summed E-state index contributed by atoms with van der Waals surface area (Å²) in [4.78, 5) is 0. The quantitative estimate of drug-likeness (QED) is 0.736. The fraction of sp³-hybridized carbons (Fsp3) is 1.00. The van der Waals surface area contributed by atoms with E-state index < -0.39 is 0 Å². The first-order valence-electron chi connectivity index (χ1n) is 7.24. The highest BCUT2D eigenvalue weighted by Crippen LogP contribution is 2.73. The van der Waals surface area contributed by atoms with Crippen LogP contribution < -0.4 is 0 Å². The van der Waals surface area contributed by atoms with Crippen molar-refractivity contribution in [1.29, 1.82) is 0 Å². The van der Waals surface area contributed by atoms with Crippen LogP contribution in [0.5, 0.6) is 0 Å². The molecule has 0 aromatic rings. The first kappa shape index (κ1) is 12.0. The van der Waals surface area contributed by atoms with Crippen LogP contribution in [0.4, 0.5) is 0 Å². The van der Waals surface area contributed by atoms with E-state index in [9.17, 15) is 10.2 Å². The zero-order chi connectivity index (χ0) is 12.4. The Morgan fingerprint density at radius 2 is 1.82 bits per heavy atom. The van der Waals surface area contributed by atoms with Crippen LogP contribution in [0.3, 0.4) is 0 Å². The standard InChI is InChI=1S/C15H26O2/c1-9-4-5-11(17)15(8-16)7-6-10-13(12(9)15)14(10,2)3/h9-13,16-17H,4-8H2,1-3H3/t9-,10+,11+,12+,13-,15-/m1/s1. The van der Waals surface area contributed by atoms with Crippen molar-refractivity contribution in [2.75, 3.05) is 6.61 Å². The molecule has 3 fully saturated rings. The maximum Gasteiger partial charge on any atom is 0.0621 e. The molecule has 3 aliphatic carbocycles. The van der Waals surface area contributed by atoms with E-state index in [1.165, 1.54) is 6.42 Å². The second-order valence-corrected chi connectivity index (χ2v) is 7.48. The van der Waals surface area contributed by atoms with Crippen molar-refractivity contribution in [3.05, 3.63) is 0 Å². The Hall–Kier alpha value is -0.0800. The van der Waals surface area contributed by atoms with Gasteiger partial charge in [-0.2, -0.15) is 0 Å². The van der Waals surface area contributed by atoms with Crippen molar-refractivity contribution in [3.63, 3.8) is 0 Å². The maximum atomic E-state index is 10.4. The first-order chi connectivity index (χ1) is 7.95. The lowest BCUT2D eigenvalue weighted by Gasteiger charge is -2.52. The van der Waals surface area contributed by atoms with Gasteiger partial charge in [-0.3, -0.25) is 0 Å². The number of hydrogen-bond donors (Lipinski definition) is 2. The molecule has 98 valence electrons. The second-order valence-electron chi connectivity index (χ2n) is 7.48. The summed E-state index contributed by atoms with van der Waals surface area (Å²) in [7, 11) is 0. The number of aliphatic hydroxyl groups excluding tert-OH is 2. The summed E-state index contributed by atoms with van der Waals surface area (Å²) in [5, 5.41) is 20.3. The molecule has 0 bridgehead atoms. The van der Waals surface area contributed by atoms with Gasteiger partial charge in [-0.05, 0) is 54.8 Å². The second kappa shape index (κ2) is 3.48. The van der Waals surface area contributed by atoms with Crippen LogP contribution in [0.1, 0.15) is 46.5 Å². The Kier molecular flexibility index (Phi) is 2.45. The summed E-state index contributed by atoms with van der Waals surface area (Å²) in [6, 6.07) is 0. The highest BCUT2D eigenvalue weighted by atomic mass is 16.3. The van der Waals surface area contributed by atoms with Crippen LogP contribution in [0.2, 0.25) is 0 Å². The van der Waals surface area contributed by atoms with Gasteiger partial charge in [0.15, 0.2) is 0 Å². The average Bonchev–Trinajstić information content (AvgIpc) is 2.86. The number of aliphatic hydroxyl groups is 2. The fourth-order valence-electron chi connectivity index (χ4n) is 5.49. The van der Waals surface area contributed by atoms with E-state index in [0.717, 1.165) is 31.1 Å². The Morgan fingerprint density at radius 3 is 2.47 bits per heavy atom. The summed E-state index contributed by atoms with van der Waals surface area (Å²) in [5.74, 6) is 2.80. The zero-order valence-electron chi connectivity index (χ0n) is 11.3. The molecule has 17 heavy (non-hydrogen) atoms. The normalized spacial score (nSPS) is 55.9. The highest BCUT2D eigenvalue weighted by molar-refractivity contribution is 5.17. The molecule has 0 unspecified atom stereocenters. The van der Waals surface area contributed by atoms with E-state index in [-0.39, 0.29) is 18.1 Å². The van der Waals surface area contributed by atoms with Gasteiger partial charge in [-0.25, -0.2) is 0 Å². The van der Waals surface area contributed by atoms with E-state index in [1.54, 1.807) is 0 Å². The molecule has 0 spiro atoms. The van der Waals surface area contributed by atoms with Crippen LogP contribution in [-0.4, -0.2) is 22.9 Å². The molecule has 0 radical (unpaired) electrons. The highest BCUT2D eigenvalue weighted by Gasteiger charge is 2.69. The van der Waals surface area contributed by atoms with Gasteiger partial charge in [0.05, 0.1) is 12.7 Å². The Bertz CT molecular complexity index is 325. The lowest BCUT2D eigenvalue weighted by molar-refractivity contribution is -0.132. The van der Waals surface area contributed by atoms with Crippen molar-refractivity contribution >= 4 is 0 Å². The fourth-order valence-corrected chi connectivity index (χ4v) is 5.49. The smallest absolute Gasteiger partial charge is 0.0621 e. The van der Waals surface area contributed by atoms with Gasteiger partial charge in [0.1, 0.15) is 0 Å². The number of fused-ring (bicyclic) bond motifs is 3. The number of hydrogen-bond acceptors (Lipinski definition) is 2. The van der Waals surface area contributed by atoms with Gasteiger partial charge in [-0.15, -0.1) is 0 Å². The monoisotopic (exact) mass is 238 g/mol. The molecular formula is C15H26O2. The first-order valence-corrected chi connectivity index (χ1v) is 7.24. The van der Waals surface area contributed by atoms with E-state index in [2.05, 4.69) is 20.8 Å². The molecule has 2 N–H and O–H groups in total. The van der Waals surface area contributed by atoms with Crippen LogP contribution in [-0.2, 0) is 0 Å².